The van der Waals surface area contributed by atoms with Gasteiger partial charge in [-0.05, 0) is 84.9 Å². The van der Waals surface area contributed by atoms with Crippen LogP contribution in [0.2, 0.25) is 10.0 Å². The second-order valence-electron chi connectivity index (χ2n) is 11.8. The first-order chi connectivity index (χ1) is 23.2. The van der Waals surface area contributed by atoms with Gasteiger partial charge in [0.1, 0.15) is 0 Å². The minimum atomic E-state index is -1.67. The van der Waals surface area contributed by atoms with Crippen LogP contribution < -0.4 is 31.1 Å². The molecule has 10 nitrogen and oxygen atoms in total. The van der Waals surface area contributed by atoms with Crippen LogP contribution >= 0.6 is 23.2 Å². The van der Waals surface area contributed by atoms with E-state index >= 15 is 0 Å². The number of carbonyl (C=O) groups is 4. The molecule has 0 bridgehead atoms. The standard InChI is InChI=1S/C36H22Cl2N6O4/c37-19-9-15-29-25(17-19)35(33(47)39-29)41-27-7-3-1-5-23(27)31(45)43(35)21-11-13-22(14-12-21)44-32(46)24-6-2-4-8-28(24)42-36(44)26-18-20(38)10-16-30(26)40-34(36)48/h1-18,41-42H,(H,39,47)(H,40,48). The molecule has 48 heavy (non-hydrogen) atoms. The Balaban J connectivity index is 1.22. The van der Waals surface area contributed by atoms with Crippen LogP contribution in [-0.4, -0.2) is 23.6 Å². The number of fused-ring (bicyclic) bond motifs is 6. The molecule has 0 radical (unpaired) electrons. The van der Waals surface area contributed by atoms with Crippen molar-refractivity contribution >= 4 is 81.0 Å². The van der Waals surface area contributed by atoms with Crippen LogP contribution in [0.1, 0.15) is 31.8 Å². The van der Waals surface area contributed by atoms with Crippen LogP contribution in [-0.2, 0) is 20.9 Å². The molecule has 0 aliphatic carbocycles. The molecule has 4 aliphatic rings. The first kappa shape index (κ1) is 28.4. The third kappa shape index (κ3) is 3.64. The minimum Gasteiger partial charge on any atom is -0.350 e. The van der Waals surface area contributed by atoms with E-state index in [1.54, 1.807) is 109 Å². The monoisotopic (exact) mass is 672 g/mol. The first-order valence-corrected chi connectivity index (χ1v) is 15.7. The largest absolute Gasteiger partial charge is 0.350 e. The van der Waals surface area contributed by atoms with Gasteiger partial charge >= 0.3 is 0 Å². The second kappa shape index (κ2) is 9.83. The summed E-state index contributed by atoms with van der Waals surface area (Å²) in [5, 5.41) is 13.3. The summed E-state index contributed by atoms with van der Waals surface area (Å²) in [7, 11) is 0. The number of para-hydroxylation sites is 2. The Hall–Kier alpha value is -5.84. The zero-order valence-corrected chi connectivity index (χ0v) is 26.2. The Morgan fingerprint density at radius 2 is 0.875 bits per heavy atom. The van der Waals surface area contributed by atoms with Crippen molar-refractivity contribution in [1.29, 1.82) is 0 Å². The third-order valence-electron chi connectivity index (χ3n) is 9.29. The molecule has 5 aromatic rings. The molecule has 4 heterocycles. The van der Waals surface area contributed by atoms with E-state index in [1.807, 2.05) is 0 Å². The Kier molecular flexibility index (Phi) is 5.82. The summed E-state index contributed by atoms with van der Waals surface area (Å²) in [6.07, 6.45) is 0. The number of rotatable bonds is 2. The molecule has 4 amide bonds. The average molecular weight is 674 g/mol. The Morgan fingerprint density at radius 3 is 1.29 bits per heavy atom. The van der Waals surface area contributed by atoms with Crippen molar-refractivity contribution in [3.63, 3.8) is 0 Å². The quantitative estimate of drug-likeness (QED) is 0.165. The average Bonchev–Trinajstić information content (AvgIpc) is 3.50. The second-order valence-corrected chi connectivity index (χ2v) is 12.7. The highest BCUT2D eigenvalue weighted by molar-refractivity contribution is 6.32. The van der Waals surface area contributed by atoms with Crippen molar-refractivity contribution in [2.75, 3.05) is 31.1 Å². The van der Waals surface area contributed by atoms with Crippen molar-refractivity contribution in [3.05, 3.63) is 141 Å². The van der Waals surface area contributed by atoms with Gasteiger partial charge in [0.05, 0.1) is 11.1 Å². The molecule has 4 aliphatic heterocycles. The van der Waals surface area contributed by atoms with Gasteiger partial charge in [-0.15, -0.1) is 0 Å². The van der Waals surface area contributed by atoms with E-state index in [-0.39, 0.29) is 0 Å². The maximum absolute atomic E-state index is 14.3. The van der Waals surface area contributed by atoms with Gasteiger partial charge in [-0.25, -0.2) is 0 Å². The van der Waals surface area contributed by atoms with E-state index in [4.69, 9.17) is 23.2 Å². The molecular formula is C36H22Cl2N6O4. The lowest BCUT2D eigenvalue weighted by atomic mass is 9.91. The lowest BCUT2D eigenvalue weighted by molar-refractivity contribution is -0.120. The summed E-state index contributed by atoms with van der Waals surface area (Å²) in [6, 6.07) is 30.6. The van der Waals surface area contributed by atoms with Crippen LogP contribution in [0.25, 0.3) is 0 Å². The summed E-state index contributed by atoms with van der Waals surface area (Å²) >= 11 is 12.8. The van der Waals surface area contributed by atoms with E-state index in [1.165, 1.54) is 9.80 Å². The van der Waals surface area contributed by atoms with Crippen molar-refractivity contribution in [2.24, 2.45) is 0 Å². The Morgan fingerprint density at radius 1 is 0.479 bits per heavy atom. The fourth-order valence-electron chi connectivity index (χ4n) is 7.19. The Labute approximate surface area is 283 Å². The molecule has 0 saturated carbocycles. The molecule has 234 valence electrons. The van der Waals surface area contributed by atoms with Crippen molar-refractivity contribution in [2.45, 2.75) is 11.3 Å². The molecular weight excluding hydrogens is 651 g/mol. The van der Waals surface area contributed by atoms with Crippen LogP contribution in [0.15, 0.2) is 109 Å². The van der Waals surface area contributed by atoms with Crippen LogP contribution in [0.4, 0.5) is 34.1 Å². The predicted molar refractivity (Wildman–Crippen MR) is 184 cm³/mol. The summed E-state index contributed by atoms with van der Waals surface area (Å²) < 4.78 is 0. The fourth-order valence-corrected chi connectivity index (χ4v) is 7.53. The third-order valence-corrected chi connectivity index (χ3v) is 9.76. The highest BCUT2D eigenvalue weighted by Crippen LogP contribution is 2.50. The Bertz CT molecular complexity index is 2140. The SMILES string of the molecule is O=C1c2ccccc2NC2(C(=O)Nc3ccc(Cl)cc32)N1c1ccc(N2C(=O)c3ccccc3NC23C(=O)Nc2ccc(Cl)cc23)cc1. The van der Waals surface area contributed by atoms with Crippen LogP contribution in [0, 0.1) is 0 Å². The molecule has 2 atom stereocenters. The molecule has 0 saturated heterocycles. The number of benzene rings is 5. The maximum Gasteiger partial charge on any atom is 0.276 e. The summed E-state index contributed by atoms with van der Waals surface area (Å²) in [5.41, 5.74) is 1.11. The topological polar surface area (TPSA) is 123 Å². The van der Waals surface area contributed by atoms with E-state index in [0.29, 0.717) is 66.4 Å². The number of nitrogens with one attached hydrogen (secondary N) is 4. The maximum atomic E-state index is 14.3. The van der Waals surface area contributed by atoms with Gasteiger partial charge in [0, 0.05) is 55.3 Å². The molecule has 0 fully saturated rings. The van der Waals surface area contributed by atoms with Gasteiger partial charge in [-0.1, -0.05) is 47.5 Å². The summed E-state index contributed by atoms with van der Waals surface area (Å²) in [5.74, 6) is -1.76. The molecule has 2 unspecified atom stereocenters. The van der Waals surface area contributed by atoms with E-state index in [9.17, 15) is 19.2 Å². The zero-order chi connectivity index (χ0) is 32.9. The van der Waals surface area contributed by atoms with E-state index in [0.717, 1.165) is 0 Å². The van der Waals surface area contributed by atoms with Gasteiger partial charge in [0.15, 0.2) is 0 Å². The fraction of sp³-hybridized carbons (Fsp3) is 0.0556. The predicted octanol–water partition coefficient (Wildman–Crippen LogP) is 6.75. The number of carbonyl (C=O) groups excluding carboxylic acids is 4. The smallest absolute Gasteiger partial charge is 0.276 e. The minimum absolute atomic E-state index is 0.361. The molecule has 0 aromatic heterocycles. The molecule has 9 rings (SSSR count). The molecule has 5 aromatic carbocycles. The van der Waals surface area contributed by atoms with Gasteiger partial charge in [0.25, 0.3) is 23.6 Å². The van der Waals surface area contributed by atoms with E-state index in [2.05, 4.69) is 21.3 Å². The number of amides is 4. The number of hydrogen-bond acceptors (Lipinski definition) is 6. The van der Waals surface area contributed by atoms with Crippen molar-refractivity contribution < 1.29 is 19.2 Å². The number of nitrogens with zero attached hydrogens (tertiary/aromatic N) is 2. The summed E-state index contributed by atoms with van der Waals surface area (Å²) in [4.78, 5) is 59.4. The van der Waals surface area contributed by atoms with Crippen LogP contribution in [0.3, 0.4) is 0 Å². The van der Waals surface area contributed by atoms with Crippen LogP contribution in [0.5, 0.6) is 0 Å². The number of hydrogen-bond donors (Lipinski definition) is 4. The van der Waals surface area contributed by atoms with Gasteiger partial charge in [0.2, 0.25) is 11.3 Å². The molecule has 2 spiro atoms. The normalized spacial score (nSPS) is 21.6. The zero-order valence-electron chi connectivity index (χ0n) is 24.7. The van der Waals surface area contributed by atoms with Crippen molar-refractivity contribution in [3.8, 4) is 0 Å². The van der Waals surface area contributed by atoms with E-state index < -0.39 is 35.0 Å². The van der Waals surface area contributed by atoms with Gasteiger partial charge in [-0.2, -0.15) is 0 Å². The number of halogens is 2. The first-order valence-electron chi connectivity index (χ1n) is 15.0. The highest BCUT2D eigenvalue weighted by atomic mass is 35.5. The lowest BCUT2D eigenvalue weighted by Gasteiger charge is -2.45. The van der Waals surface area contributed by atoms with Gasteiger partial charge in [-0.3, -0.25) is 29.0 Å². The van der Waals surface area contributed by atoms with Gasteiger partial charge < -0.3 is 21.3 Å². The lowest BCUT2D eigenvalue weighted by Crippen LogP contribution is -2.62. The highest BCUT2D eigenvalue weighted by Gasteiger charge is 2.59. The summed E-state index contributed by atoms with van der Waals surface area (Å²) in [6.45, 7) is 0. The molecule has 12 heteroatoms. The molecule has 4 N–H and O–H groups in total. The van der Waals surface area contributed by atoms with Crippen molar-refractivity contribution in [1.82, 2.24) is 0 Å². The number of anilines is 6.